The van der Waals surface area contributed by atoms with Crippen LogP contribution >= 0.6 is 0 Å². The van der Waals surface area contributed by atoms with Crippen molar-refractivity contribution in [3.05, 3.63) is 70.9 Å². The van der Waals surface area contributed by atoms with Gasteiger partial charge in [-0.15, -0.1) is 0 Å². The topological polar surface area (TPSA) is 68.3 Å². The summed E-state index contributed by atoms with van der Waals surface area (Å²) in [6, 6.07) is 14.6. The minimum absolute atomic E-state index is 0.157. The summed E-state index contributed by atoms with van der Waals surface area (Å²) >= 11 is 0. The van der Waals surface area contributed by atoms with E-state index in [1.165, 1.54) is 7.11 Å². The Kier molecular flexibility index (Phi) is 4.98. The predicted octanol–water partition coefficient (Wildman–Crippen LogP) is 3.82. The number of aromatic nitrogens is 1. The average Bonchev–Trinajstić information content (AvgIpc) is 2.64. The highest BCUT2D eigenvalue weighted by atomic mass is 16.5. The van der Waals surface area contributed by atoms with Gasteiger partial charge >= 0.3 is 5.97 Å². The third-order valence-corrected chi connectivity index (χ3v) is 4.39. The Balaban J connectivity index is 1.83. The van der Waals surface area contributed by atoms with Gasteiger partial charge in [-0.1, -0.05) is 24.3 Å². The summed E-state index contributed by atoms with van der Waals surface area (Å²) in [5, 5.41) is 3.89. The van der Waals surface area contributed by atoms with Crippen LogP contribution < -0.4 is 5.32 Å². The zero-order chi connectivity index (χ0) is 18.7. The second-order valence-electron chi connectivity index (χ2n) is 6.12. The van der Waals surface area contributed by atoms with E-state index in [-0.39, 0.29) is 12.3 Å². The van der Waals surface area contributed by atoms with E-state index in [0.717, 1.165) is 27.7 Å². The maximum absolute atomic E-state index is 12.5. The highest BCUT2D eigenvalue weighted by Gasteiger charge is 2.14. The predicted molar refractivity (Wildman–Crippen MR) is 101 cm³/mol. The van der Waals surface area contributed by atoms with Crippen LogP contribution in [0, 0.1) is 13.8 Å². The molecule has 1 aromatic heterocycles. The number of hydrogen-bond donors (Lipinski definition) is 1. The molecule has 2 aromatic carbocycles. The number of hydrogen-bond acceptors (Lipinski definition) is 4. The molecule has 0 aliphatic carbocycles. The van der Waals surface area contributed by atoms with E-state index in [2.05, 4.69) is 10.3 Å². The number of pyridine rings is 1. The second-order valence-corrected chi connectivity index (χ2v) is 6.12. The number of nitrogens with zero attached hydrogens (tertiary/aromatic N) is 1. The fourth-order valence-electron chi connectivity index (χ4n) is 3.04. The molecule has 0 atom stereocenters. The smallest absolute Gasteiger partial charge is 0.337 e. The van der Waals surface area contributed by atoms with E-state index in [1.54, 1.807) is 24.3 Å². The van der Waals surface area contributed by atoms with Gasteiger partial charge in [-0.3, -0.25) is 9.78 Å². The molecule has 0 unspecified atom stereocenters. The van der Waals surface area contributed by atoms with Gasteiger partial charge in [0, 0.05) is 16.8 Å². The highest BCUT2D eigenvalue weighted by molar-refractivity contribution is 5.96. The van der Waals surface area contributed by atoms with Gasteiger partial charge in [-0.05, 0) is 49.2 Å². The van der Waals surface area contributed by atoms with Gasteiger partial charge in [-0.2, -0.15) is 0 Å². The van der Waals surface area contributed by atoms with E-state index in [4.69, 9.17) is 4.74 Å². The van der Waals surface area contributed by atoms with Crippen LogP contribution in [0.15, 0.2) is 48.5 Å². The number of esters is 1. The molecule has 0 bridgehead atoms. The van der Waals surface area contributed by atoms with Crippen molar-refractivity contribution in [3.8, 4) is 0 Å². The van der Waals surface area contributed by atoms with E-state index < -0.39 is 5.97 Å². The molecular weight excluding hydrogens is 328 g/mol. The fraction of sp³-hybridized carbons (Fsp3) is 0.190. The van der Waals surface area contributed by atoms with E-state index in [9.17, 15) is 9.59 Å². The lowest BCUT2D eigenvalue weighted by atomic mass is 9.99. The lowest BCUT2D eigenvalue weighted by Crippen LogP contribution is -2.17. The Morgan fingerprint density at radius 1 is 1.08 bits per heavy atom. The summed E-state index contributed by atoms with van der Waals surface area (Å²) in [5.74, 6) is -0.596. The van der Waals surface area contributed by atoms with E-state index >= 15 is 0 Å². The third kappa shape index (κ3) is 3.57. The van der Waals surface area contributed by atoms with Crippen LogP contribution in [0.2, 0.25) is 0 Å². The molecule has 1 amide bonds. The first kappa shape index (κ1) is 17.6. The molecule has 3 aromatic rings. The van der Waals surface area contributed by atoms with E-state index in [0.29, 0.717) is 11.3 Å². The first-order valence-electron chi connectivity index (χ1n) is 8.32. The van der Waals surface area contributed by atoms with Crippen molar-refractivity contribution in [2.75, 3.05) is 12.4 Å². The van der Waals surface area contributed by atoms with E-state index in [1.807, 2.05) is 38.1 Å². The number of para-hydroxylation sites is 1. The number of rotatable bonds is 4. The van der Waals surface area contributed by atoms with Gasteiger partial charge in [0.2, 0.25) is 5.91 Å². The largest absolute Gasteiger partial charge is 0.465 e. The lowest BCUT2D eigenvalue weighted by molar-refractivity contribution is -0.115. The van der Waals surface area contributed by atoms with Crippen LogP contribution in [0.25, 0.3) is 10.9 Å². The van der Waals surface area contributed by atoms with Crippen molar-refractivity contribution < 1.29 is 14.3 Å². The molecule has 0 fully saturated rings. The van der Waals surface area contributed by atoms with Gasteiger partial charge in [0.1, 0.15) is 0 Å². The zero-order valence-corrected chi connectivity index (χ0v) is 15.0. The van der Waals surface area contributed by atoms with Crippen molar-refractivity contribution in [2.45, 2.75) is 20.3 Å². The number of benzene rings is 2. The summed E-state index contributed by atoms with van der Waals surface area (Å²) < 4.78 is 4.70. The Morgan fingerprint density at radius 2 is 1.85 bits per heavy atom. The second kappa shape index (κ2) is 7.35. The summed E-state index contributed by atoms with van der Waals surface area (Å²) in [6.07, 6.45) is 0.220. The molecule has 0 saturated carbocycles. The zero-order valence-electron chi connectivity index (χ0n) is 15.0. The highest BCUT2D eigenvalue weighted by Crippen LogP contribution is 2.23. The lowest BCUT2D eigenvalue weighted by Gasteiger charge is -2.13. The summed E-state index contributed by atoms with van der Waals surface area (Å²) in [6.45, 7) is 3.93. The number of anilines is 1. The SMILES string of the molecule is COC(=O)c1cccc(NC(=O)Cc2c(C)nc3ccccc3c2C)c1. The Morgan fingerprint density at radius 3 is 2.62 bits per heavy atom. The first-order valence-corrected chi connectivity index (χ1v) is 8.32. The van der Waals surface area contributed by atoms with Crippen LogP contribution in [0.4, 0.5) is 5.69 Å². The normalized spacial score (nSPS) is 10.6. The first-order chi connectivity index (χ1) is 12.5. The van der Waals surface area contributed by atoms with Crippen molar-refractivity contribution in [3.63, 3.8) is 0 Å². The maximum atomic E-state index is 12.5. The van der Waals surface area contributed by atoms with Crippen LogP contribution in [0.1, 0.15) is 27.2 Å². The number of amides is 1. The molecule has 0 radical (unpaired) electrons. The number of aryl methyl sites for hydroxylation is 2. The van der Waals surface area contributed by atoms with Gasteiger partial charge in [0.15, 0.2) is 0 Å². The quantitative estimate of drug-likeness (QED) is 0.728. The maximum Gasteiger partial charge on any atom is 0.337 e. The molecule has 5 heteroatoms. The van der Waals surface area contributed by atoms with Crippen molar-refractivity contribution in [1.29, 1.82) is 0 Å². The van der Waals surface area contributed by atoms with Gasteiger partial charge in [-0.25, -0.2) is 4.79 Å². The number of carbonyl (C=O) groups is 2. The van der Waals surface area contributed by atoms with Crippen LogP contribution in [0.5, 0.6) is 0 Å². The Bertz CT molecular complexity index is 996. The number of fused-ring (bicyclic) bond motifs is 1. The molecule has 26 heavy (non-hydrogen) atoms. The van der Waals surface area contributed by atoms with Crippen LogP contribution in [0.3, 0.4) is 0 Å². The molecule has 132 valence electrons. The summed E-state index contributed by atoms with van der Waals surface area (Å²) in [4.78, 5) is 28.7. The summed E-state index contributed by atoms with van der Waals surface area (Å²) in [7, 11) is 1.33. The standard InChI is InChI=1S/C21H20N2O3/c1-13-17-9-4-5-10-19(17)22-14(2)18(13)12-20(24)23-16-8-6-7-15(11-16)21(25)26-3/h4-11H,12H2,1-3H3,(H,23,24). The van der Waals surface area contributed by atoms with Gasteiger partial charge in [0.25, 0.3) is 0 Å². The molecule has 0 saturated heterocycles. The van der Waals surface area contributed by atoms with Gasteiger partial charge < -0.3 is 10.1 Å². The Hall–Kier alpha value is -3.21. The molecule has 3 rings (SSSR count). The molecule has 0 aliphatic rings. The van der Waals surface area contributed by atoms with Crippen LogP contribution in [-0.4, -0.2) is 24.0 Å². The van der Waals surface area contributed by atoms with Crippen molar-refractivity contribution >= 4 is 28.5 Å². The number of nitrogens with one attached hydrogen (secondary N) is 1. The monoisotopic (exact) mass is 348 g/mol. The molecule has 1 heterocycles. The fourth-order valence-corrected chi connectivity index (χ4v) is 3.04. The van der Waals surface area contributed by atoms with Crippen molar-refractivity contribution in [1.82, 2.24) is 4.98 Å². The number of methoxy groups -OCH3 is 1. The molecular formula is C21H20N2O3. The number of ether oxygens (including phenoxy) is 1. The third-order valence-electron chi connectivity index (χ3n) is 4.39. The summed E-state index contributed by atoms with van der Waals surface area (Å²) in [5.41, 5.74) is 4.71. The minimum atomic E-state index is -0.438. The van der Waals surface area contributed by atoms with Gasteiger partial charge in [0.05, 0.1) is 24.6 Å². The minimum Gasteiger partial charge on any atom is -0.465 e. The average molecular weight is 348 g/mol. The molecule has 0 aliphatic heterocycles. The number of carbonyl (C=O) groups excluding carboxylic acids is 2. The molecule has 0 spiro atoms. The molecule has 5 nitrogen and oxygen atoms in total. The Labute approximate surface area is 152 Å². The van der Waals surface area contributed by atoms with Crippen LogP contribution in [-0.2, 0) is 16.0 Å². The molecule has 1 N–H and O–H groups in total. The van der Waals surface area contributed by atoms with Crippen molar-refractivity contribution in [2.24, 2.45) is 0 Å².